The van der Waals surface area contributed by atoms with Crippen LogP contribution in [0, 0.1) is 5.92 Å². The zero-order valence-corrected chi connectivity index (χ0v) is 10.9. The van der Waals surface area contributed by atoms with Crippen LogP contribution in [0.1, 0.15) is 28.4 Å². The molecule has 0 radical (unpaired) electrons. The van der Waals surface area contributed by atoms with Crippen LogP contribution in [0.2, 0.25) is 0 Å². The van der Waals surface area contributed by atoms with Gasteiger partial charge < -0.3 is 9.72 Å². The predicted octanol–water partition coefficient (Wildman–Crippen LogP) is 2.05. The van der Waals surface area contributed by atoms with Crippen LogP contribution >= 0.6 is 0 Å². The fourth-order valence-corrected chi connectivity index (χ4v) is 2.93. The first-order chi connectivity index (χ1) is 9.11. The lowest BCUT2D eigenvalue weighted by atomic mass is 10.0. The molecule has 0 aliphatic heterocycles. The lowest BCUT2D eigenvalue weighted by Crippen LogP contribution is -2.15. The third kappa shape index (κ3) is 1.75. The summed E-state index contributed by atoms with van der Waals surface area (Å²) in [6.07, 6.45) is 1.70. The molecule has 1 heterocycles. The largest absolute Gasteiger partial charge is 0.465 e. The molecule has 0 fully saturated rings. The van der Waals surface area contributed by atoms with Crippen molar-refractivity contribution < 1.29 is 9.53 Å². The van der Waals surface area contributed by atoms with Gasteiger partial charge in [0.05, 0.1) is 18.2 Å². The maximum Gasteiger partial charge on any atom is 0.339 e. The van der Waals surface area contributed by atoms with Crippen molar-refractivity contribution in [2.45, 2.75) is 19.8 Å². The Hall–Kier alpha value is -2.10. The average molecular weight is 257 g/mol. The summed E-state index contributed by atoms with van der Waals surface area (Å²) in [5.41, 5.74) is 2.87. The number of carbonyl (C=O) groups excluding carboxylic acids is 1. The van der Waals surface area contributed by atoms with Crippen LogP contribution in [0.4, 0.5) is 0 Å². The van der Waals surface area contributed by atoms with Gasteiger partial charge in [0.15, 0.2) is 0 Å². The van der Waals surface area contributed by atoms with Crippen LogP contribution in [0.15, 0.2) is 23.0 Å². The molecule has 1 aliphatic carbocycles. The molecule has 1 aliphatic rings. The molecule has 0 spiro atoms. The fourth-order valence-electron chi connectivity index (χ4n) is 2.93. The number of fused-ring (bicyclic) bond motifs is 3. The van der Waals surface area contributed by atoms with Crippen molar-refractivity contribution in [3.8, 4) is 0 Å². The van der Waals surface area contributed by atoms with E-state index in [1.165, 1.54) is 7.11 Å². The van der Waals surface area contributed by atoms with Crippen molar-refractivity contribution in [3.63, 3.8) is 0 Å². The van der Waals surface area contributed by atoms with E-state index in [0.717, 1.165) is 29.4 Å². The molecule has 0 bridgehead atoms. The Bertz CT molecular complexity index is 730. The highest BCUT2D eigenvalue weighted by Gasteiger charge is 2.24. The smallest absolute Gasteiger partial charge is 0.339 e. The molecule has 3 rings (SSSR count). The lowest BCUT2D eigenvalue weighted by Gasteiger charge is -2.08. The zero-order valence-electron chi connectivity index (χ0n) is 10.9. The second-order valence-corrected chi connectivity index (χ2v) is 5.14. The molecule has 0 saturated carbocycles. The van der Waals surface area contributed by atoms with Crippen molar-refractivity contribution >= 4 is 16.9 Å². The number of pyridine rings is 1. The molecule has 1 aromatic heterocycles. The standard InChI is InChI=1S/C15H15NO3/c1-8-6-11-9-4-3-5-10(15(18)19-2)13(9)16-14(17)12(11)7-8/h3-5,8H,6-7H2,1-2H3,(H,16,17)/t8-/m1/s1. The van der Waals surface area contributed by atoms with E-state index in [1.54, 1.807) is 6.07 Å². The molecule has 1 N–H and O–H groups in total. The number of carbonyl (C=O) groups is 1. The molecule has 0 saturated heterocycles. The summed E-state index contributed by atoms with van der Waals surface area (Å²) in [5.74, 6) is 0.0516. The van der Waals surface area contributed by atoms with Gasteiger partial charge in [-0.15, -0.1) is 0 Å². The Morgan fingerprint density at radius 3 is 2.79 bits per heavy atom. The van der Waals surface area contributed by atoms with E-state index in [0.29, 0.717) is 17.0 Å². The highest BCUT2D eigenvalue weighted by Crippen LogP contribution is 2.30. The number of esters is 1. The van der Waals surface area contributed by atoms with Crippen molar-refractivity contribution in [2.24, 2.45) is 5.92 Å². The molecular formula is C15H15NO3. The summed E-state index contributed by atoms with van der Waals surface area (Å²) in [6, 6.07) is 5.46. The summed E-state index contributed by atoms with van der Waals surface area (Å²) < 4.78 is 4.76. The number of rotatable bonds is 1. The van der Waals surface area contributed by atoms with Gasteiger partial charge in [0.25, 0.3) is 5.56 Å². The monoisotopic (exact) mass is 257 g/mol. The highest BCUT2D eigenvalue weighted by molar-refractivity contribution is 6.03. The van der Waals surface area contributed by atoms with E-state index in [4.69, 9.17) is 4.74 Å². The molecule has 4 heteroatoms. The minimum Gasteiger partial charge on any atom is -0.465 e. The molecule has 0 amide bonds. The summed E-state index contributed by atoms with van der Waals surface area (Å²) >= 11 is 0. The third-order valence-corrected chi connectivity index (χ3v) is 3.78. The van der Waals surface area contributed by atoms with Crippen molar-refractivity contribution in [1.29, 1.82) is 0 Å². The molecular weight excluding hydrogens is 242 g/mol. The zero-order chi connectivity index (χ0) is 13.6. The van der Waals surface area contributed by atoms with E-state index >= 15 is 0 Å². The average Bonchev–Trinajstić information content (AvgIpc) is 2.80. The van der Waals surface area contributed by atoms with Crippen LogP contribution in [-0.2, 0) is 17.6 Å². The molecule has 4 nitrogen and oxygen atoms in total. The summed E-state index contributed by atoms with van der Waals surface area (Å²) in [6.45, 7) is 2.13. The number of aromatic amines is 1. The number of ether oxygens (including phenoxy) is 1. The number of nitrogens with one attached hydrogen (secondary N) is 1. The Morgan fingerprint density at radius 1 is 1.32 bits per heavy atom. The minimum absolute atomic E-state index is 0.0804. The van der Waals surface area contributed by atoms with Crippen LogP contribution in [0.5, 0.6) is 0 Å². The van der Waals surface area contributed by atoms with Gasteiger partial charge in [-0.05, 0) is 30.4 Å². The Kier molecular flexibility index (Phi) is 2.66. The highest BCUT2D eigenvalue weighted by atomic mass is 16.5. The first kappa shape index (κ1) is 12.0. The van der Waals surface area contributed by atoms with E-state index in [9.17, 15) is 9.59 Å². The quantitative estimate of drug-likeness (QED) is 0.795. The summed E-state index contributed by atoms with van der Waals surface area (Å²) in [7, 11) is 1.34. The summed E-state index contributed by atoms with van der Waals surface area (Å²) in [4.78, 5) is 26.7. The Labute approximate surface area is 110 Å². The maximum absolute atomic E-state index is 12.1. The van der Waals surface area contributed by atoms with Gasteiger partial charge in [-0.2, -0.15) is 0 Å². The van der Waals surface area contributed by atoms with Crippen molar-refractivity contribution in [1.82, 2.24) is 4.98 Å². The number of H-pyrrole nitrogens is 1. The minimum atomic E-state index is -0.424. The molecule has 1 atom stereocenters. The van der Waals surface area contributed by atoms with Crippen LogP contribution in [-0.4, -0.2) is 18.1 Å². The Morgan fingerprint density at radius 2 is 2.05 bits per heavy atom. The second kappa shape index (κ2) is 4.23. The molecule has 19 heavy (non-hydrogen) atoms. The van der Waals surface area contributed by atoms with Gasteiger partial charge in [-0.3, -0.25) is 4.79 Å². The lowest BCUT2D eigenvalue weighted by molar-refractivity contribution is 0.0603. The second-order valence-electron chi connectivity index (χ2n) is 5.14. The van der Waals surface area contributed by atoms with Gasteiger partial charge in [0.2, 0.25) is 0 Å². The number of benzene rings is 1. The fraction of sp³-hybridized carbons (Fsp3) is 0.333. The SMILES string of the molecule is COC(=O)c1cccc2c3c(c(=O)[nH]c12)C[C@H](C)C3. The first-order valence-corrected chi connectivity index (χ1v) is 6.37. The number of aromatic nitrogens is 1. The van der Waals surface area contributed by atoms with Crippen molar-refractivity contribution in [2.75, 3.05) is 7.11 Å². The van der Waals surface area contributed by atoms with Crippen LogP contribution < -0.4 is 5.56 Å². The number of hydrogen-bond donors (Lipinski definition) is 1. The molecule has 2 aromatic rings. The van der Waals surface area contributed by atoms with E-state index < -0.39 is 5.97 Å². The molecule has 0 unspecified atom stereocenters. The van der Waals surface area contributed by atoms with Gasteiger partial charge in [0, 0.05) is 10.9 Å². The van der Waals surface area contributed by atoms with Gasteiger partial charge in [-0.1, -0.05) is 19.1 Å². The Balaban J connectivity index is 2.36. The van der Waals surface area contributed by atoms with E-state index in [1.807, 2.05) is 12.1 Å². The topological polar surface area (TPSA) is 59.2 Å². The third-order valence-electron chi connectivity index (χ3n) is 3.78. The maximum atomic E-state index is 12.1. The number of hydrogen-bond acceptors (Lipinski definition) is 3. The van der Waals surface area contributed by atoms with E-state index in [2.05, 4.69) is 11.9 Å². The predicted molar refractivity (Wildman–Crippen MR) is 72.5 cm³/mol. The van der Waals surface area contributed by atoms with Gasteiger partial charge >= 0.3 is 5.97 Å². The van der Waals surface area contributed by atoms with Crippen LogP contribution in [0.3, 0.4) is 0 Å². The summed E-state index contributed by atoms with van der Waals surface area (Å²) in [5, 5.41) is 0.960. The number of para-hydroxylation sites is 1. The van der Waals surface area contributed by atoms with Crippen LogP contribution in [0.25, 0.3) is 10.9 Å². The van der Waals surface area contributed by atoms with Gasteiger partial charge in [-0.25, -0.2) is 4.79 Å². The molecule has 98 valence electrons. The normalized spacial score (nSPS) is 17.5. The van der Waals surface area contributed by atoms with Gasteiger partial charge in [0.1, 0.15) is 0 Å². The number of methoxy groups -OCH3 is 1. The first-order valence-electron chi connectivity index (χ1n) is 6.37. The van der Waals surface area contributed by atoms with E-state index in [-0.39, 0.29) is 5.56 Å². The van der Waals surface area contributed by atoms with Crippen molar-refractivity contribution in [3.05, 3.63) is 45.2 Å². The molecule has 1 aromatic carbocycles.